The summed E-state index contributed by atoms with van der Waals surface area (Å²) < 4.78 is 1.95. The maximum absolute atomic E-state index is 12.5. The molecule has 0 aliphatic rings. The highest BCUT2D eigenvalue weighted by Crippen LogP contribution is 2.23. The van der Waals surface area contributed by atoms with Crippen LogP contribution >= 0.6 is 11.8 Å². The van der Waals surface area contributed by atoms with E-state index in [0.29, 0.717) is 12.1 Å². The Kier molecular flexibility index (Phi) is 6.30. The number of thioether (sulfide) groups is 1. The lowest BCUT2D eigenvalue weighted by Gasteiger charge is -2.08. The van der Waals surface area contributed by atoms with Gasteiger partial charge in [0.05, 0.1) is 6.33 Å². The van der Waals surface area contributed by atoms with Crippen LogP contribution in [0.2, 0.25) is 0 Å². The first kappa shape index (κ1) is 20.0. The zero-order chi connectivity index (χ0) is 20.8. The Bertz CT molecular complexity index is 1090. The van der Waals surface area contributed by atoms with Gasteiger partial charge < -0.3 is 9.88 Å². The molecule has 150 valence electrons. The molecule has 0 fully saturated rings. The quantitative estimate of drug-likeness (QED) is 0.413. The van der Waals surface area contributed by atoms with Crippen LogP contribution in [0, 0.1) is 6.92 Å². The van der Waals surface area contributed by atoms with Gasteiger partial charge in [0, 0.05) is 40.8 Å². The lowest BCUT2D eigenvalue weighted by Crippen LogP contribution is -2.22. The number of hydrogen-bond acceptors (Lipinski definition) is 3. The highest BCUT2D eigenvalue weighted by Gasteiger charge is 2.06. The maximum atomic E-state index is 12.5. The number of nitrogens with zero attached hydrogens (tertiary/aromatic N) is 2. The van der Waals surface area contributed by atoms with Crippen LogP contribution in [0.1, 0.15) is 27.0 Å². The van der Waals surface area contributed by atoms with E-state index in [4.69, 9.17) is 0 Å². The summed E-state index contributed by atoms with van der Waals surface area (Å²) in [5, 5.41) is 2.99. The molecule has 0 spiro atoms. The molecular weight excluding hydrogens is 390 g/mol. The molecule has 0 atom stereocenters. The number of benzene rings is 3. The molecule has 0 bridgehead atoms. The second-order valence-electron chi connectivity index (χ2n) is 7.12. The van der Waals surface area contributed by atoms with Crippen molar-refractivity contribution in [3.8, 4) is 5.69 Å². The van der Waals surface area contributed by atoms with Crippen molar-refractivity contribution in [2.24, 2.45) is 0 Å². The third-order valence-corrected chi connectivity index (χ3v) is 5.92. The van der Waals surface area contributed by atoms with E-state index < -0.39 is 0 Å². The summed E-state index contributed by atoms with van der Waals surface area (Å²) in [6, 6.07) is 24.4. The highest BCUT2D eigenvalue weighted by molar-refractivity contribution is 7.98. The van der Waals surface area contributed by atoms with E-state index in [1.165, 1.54) is 16.0 Å². The average molecular weight is 414 g/mol. The van der Waals surface area contributed by atoms with Crippen molar-refractivity contribution < 1.29 is 4.79 Å². The Hall–Kier alpha value is -3.31. The highest BCUT2D eigenvalue weighted by atomic mass is 32.2. The largest absolute Gasteiger partial charge is 0.348 e. The molecule has 4 nitrogen and oxygen atoms in total. The van der Waals surface area contributed by atoms with Crippen LogP contribution in [0.4, 0.5) is 0 Å². The number of nitrogens with one attached hydrogen (secondary N) is 1. The van der Waals surface area contributed by atoms with Gasteiger partial charge >= 0.3 is 0 Å². The van der Waals surface area contributed by atoms with Crippen LogP contribution < -0.4 is 5.32 Å². The van der Waals surface area contributed by atoms with Gasteiger partial charge in [-0.25, -0.2) is 4.98 Å². The Labute approximate surface area is 181 Å². The monoisotopic (exact) mass is 413 g/mol. The molecule has 1 aromatic heterocycles. The van der Waals surface area contributed by atoms with Crippen molar-refractivity contribution in [3.63, 3.8) is 0 Å². The Balaban J connectivity index is 1.28. The minimum absolute atomic E-state index is 0.0635. The summed E-state index contributed by atoms with van der Waals surface area (Å²) in [6.45, 7) is 2.59. The van der Waals surface area contributed by atoms with Crippen molar-refractivity contribution in [1.82, 2.24) is 14.9 Å². The predicted molar refractivity (Wildman–Crippen MR) is 122 cm³/mol. The molecule has 1 amide bonds. The molecule has 1 heterocycles. The van der Waals surface area contributed by atoms with Crippen molar-refractivity contribution in [3.05, 3.63) is 114 Å². The number of aryl methyl sites for hydroxylation is 1. The zero-order valence-corrected chi connectivity index (χ0v) is 17.6. The van der Waals surface area contributed by atoms with Crippen molar-refractivity contribution >= 4 is 17.7 Å². The maximum Gasteiger partial charge on any atom is 0.251 e. The van der Waals surface area contributed by atoms with Gasteiger partial charge in [0.1, 0.15) is 0 Å². The van der Waals surface area contributed by atoms with E-state index in [-0.39, 0.29) is 5.91 Å². The normalized spacial score (nSPS) is 10.7. The van der Waals surface area contributed by atoms with Gasteiger partial charge in [-0.3, -0.25) is 4.79 Å². The average Bonchev–Trinajstić information content (AvgIpc) is 3.33. The van der Waals surface area contributed by atoms with Gasteiger partial charge in [0.25, 0.3) is 5.91 Å². The number of carbonyl (C=O) groups excluding carboxylic acids is 1. The number of carbonyl (C=O) groups is 1. The number of amides is 1. The molecule has 0 unspecified atom stereocenters. The molecule has 0 saturated heterocycles. The van der Waals surface area contributed by atoms with E-state index in [9.17, 15) is 4.79 Å². The summed E-state index contributed by atoms with van der Waals surface area (Å²) in [6.07, 6.45) is 5.42. The van der Waals surface area contributed by atoms with E-state index >= 15 is 0 Å². The molecule has 1 N–H and O–H groups in total. The summed E-state index contributed by atoms with van der Waals surface area (Å²) in [5.74, 6) is 0.820. The van der Waals surface area contributed by atoms with Crippen molar-refractivity contribution in [2.45, 2.75) is 24.1 Å². The molecule has 5 heteroatoms. The Morgan fingerprint density at radius 2 is 1.63 bits per heavy atom. The molecule has 0 saturated carbocycles. The molecular formula is C25H23N3OS. The fourth-order valence-corrected chi connectivity index (χ4v) is 3.89. The smallest absolute Gasteiger partial charge is 0.251 e. The first-order chi connectivity index (χ1) is 14.7. The van der Waals surface area contributed by atoms with Crippen LogP contribution in [0.3, 0.4) is 0 Å². The van der Waals surface area contributed by atoms with Gasteiger partial charge in [0.2, 0.25) is 0 Å². The minimum Gasteiger partial charge on any atom is -0.348 e. The molecule has 0 radical (unpaired) electrons. The van der Waals surface area contributed by atoms with Gasteiger partial charge in [-0.05, 0) is 54.4 Å². The molecule has 0 aliphatic heterocycles. The number of imidazole rings is 1. The topological polar surface area (TPSA) is 46.9 Å². The summed E-state index contributed by atoms with van der Waals surface area (Å²) in [4.78, 5) is 17.8. The molecule has 30 heavy (non-hydrogen) atoms. The Morgan fingerprint density at radius 1 is 0.933 bits per heavy atom. The molecule has 0 aliphatic carbocycles. The fourth-order valence-electron chi connectivity index (χ4n) is 3.04. The first-order valence-corrected chi connectivity index (χ1v) is 10.8. The van der Waals surface area contributed by atoms with E-state index in [1.54, 1.807) is 24.3 Å². The van der Waals surface area contributed by atoms with Crippen LogP contribution in [-0.4, -0.2) is 15.5 Å². The zero-order valence-electron chi connectivity index (χ0n) is 16.8. The standard InChI is InChI=1S/C25H23N3OS/c1-19-2-12-24(13-3-19)30-17-21-4-8-22(9-5-21)25(29)27-16-20-6-10-23(11-7-20)28-15-14-26-18-28/h2-15,18H,16-17H2,1H3,(H,27,29). The van der Waals surface area contributed by atoms with Gasteiger partial charge in [-0.2, -0.15) is 0 Å². The molecule has 4 aromatic rings. The number of hydrogen-bond donors (Lipinski definition) is 1. The lowest BCUT2D eigenvalue weighted by atomic mass is 10.1. The lowest BCUT2D eigenvalue weighted by molar-refractivity contribution is 0.0951. The van der Waals surface area contributed by atoms with Crippen LogP contribution in [-0.2, 0) is 12.3 Å². The van der Waals surface area contributed by atoms with E-state index in [1.807, 2.05) is 59.3 Å². The third kappa shape index (κ3) is 5.19. The van der Waals surface area contributed by atoms with Gasteiger partial charge in [-0.1, -0.05) is 42.0 Å². The minimum atomic E-state index is -0.0635. The fraction of sp³-hybridized carbons (Fsp3) is 0.120. The number of aromatic nitrogens is 2. The van der Waals surface area contributed by atoms with Crippen molar-refractivity contribution in [1.29, 1.82) is 0 Å². The second kappa shape index (κ2) is 9.46. The third-order valence-electron chi connectivity index (χ3n) is 4.83. The summed E-state index contributed by atoms with van der Waals surface area (Å²) in [7, 11) is 0. The predicted octanol–water partition coefficient (Wildman–Crippen LogP) is 5.40. The van der Waals surface area contributed by atoms with E-state index in [0.717, 1.165) is 17.0 Å². The Morgan fingerprint density at radius 3 is 2.30 bits per heavy atom. The SMILES string of the molecule is Cc1ccc(SCc2ccc(C(=O)NCc3ccc(-n4ccnc4)cc3)cc2)cc1. The summed E-state index contributed by atoms with van der Waals surface area (Å²) in [5.41, 5.74) is 5.24. The number of rotatable bonds is 7. The molecule has 4 rings (SSSR count). The summed E-state index contributed by atoms with van der Waals surface area (Å²) >= 11 is 1.80. The van der Waals surface area contributed by atoms with Gasteiger partial charge in [0.15, 0.2) is 0 Å². The van der Waals surface area contributed by atoms with Crippen LogP contribution in [0.25, 0.3) is 5.69 Å². The first-order valence-electron chi connectivity index (χ1n) is 9.81. The van der Waals surface area contributed by atoms with Crippen molar-refractivity contribution in [2.75, 3.05) is 0 Å². The van der Waals surface area contributed by atoms with E-state index in [2.05, 4.69) is 41.5 Å². The molecule has 3 aromatic carbocycles. The van der Waals surface area contributed by atoms with Crippen LogP contribution in [0.5, 0.6) is 0 Å². The van der Waals surface area contributed by atoms with Crippen LogP contribution in [0.15, 0.2) is 96.4 Å². The second-order valence-corrected chi connectivity index (χ2v) is 8.17. The van der Waals surface area contributed by atoms with Gasteiger partial charge in [-0.15, -0.1) is 11.8 Å².